The highest BCUT2D eigenvalue weighted by Gasteiger charge is 2.70. The summed E-state index contributed by atoms with van der Waals surface area (Å²) in [5.41, 5.74) is -2.05. The highest BCUT2D eigenvalue weighted by molar-refractivity contribution is 5.20. The van der Waals surface area contributed by atoms with Crippen LogP contribution in [0.4, 0.5) is 26.3 Å². The zero-order chi connectivity index (χ0) is 11.2. The van der Waals surface area contributed by atoms with Gasteiger partial charge in [-0.3, -0.25) is 0 Å². The van der Waals surface area contributed by atoms with Crippen LogP contribution in [-0.2, 0) is 0 Å². The molecule has 14 heavy (non-hydrogen) atoms. The highest BCUT2D eigenvalue weighted by Crippen LogP contribution is 2.61. The molecule has 80 valence electrons. The van der Waals surface area contributed by atoms with Gasteiger partial charge in [0.05, 0.1) is 5.41 Å². The van der Waals surface area contributed by atoms with Crippen molar-refractivity contribution in [3.8, 4) is 12.3 Å². The van der Waals surface area contributed by atoms with Gasteiger partial charge >= 0.3 is 12.4 Å². The Hall–Kier alpha value is -0.860. The van der Waals surface area contributed by atoms with Crippen molar-refractivity contribution < 1.29 is 26.3 Å². The molecule has 1 aliphatic carbocycles. The smallest absolute Gasteiger partial charge is 0.170 e. The molecule has 0 atom stereocenters. The molecule has 0 unspecified atom stereocenters. The standard InChI is InChI=1S/C8H6F6/c1-2-6(3-4-6)5(7(9,10)11)8(12,13)14/h1,5H,3-4H2. The molecule has 1 aliphatic rings. The molecule has 0 N–H and O–H groups in total. The van der Waals surface area contributed by atoms with Gasteiger partial charge in [0.25, 0.3) is 0 Å². The Morgan fingerprint density at radius 1 is 1.00 bits per heavy atom. The molecule has 0 spiro atoms. The van der Waals surface area contributed by atoms with Crippen molar-refractivity contribution in [1.29, 1.82) is 0 Å². The van der Waals surface area contributed by atoms with Gasteiger partial charge in [0.2, 0.25) is 0 Å². The first-order valence-electron chi connectivity index (χ1n) is 3.75. The number of alkyl halides is 6. The summed E-state index contributed by atoms with van der Waals surface area (Å²) >= 11 is 0. The fraction of sp³-hybridized carbons (Fsp3) is 0.750. The molecule has 0 heterocycles. The molecule has 0 aromatic rings. The van der Waals surface area contributed by atoms with Gasteiger partial charge in [0, 0.05) is 0 Å². The lowest BCUT2D eigenvalue weighted by atomic mass is 9.88. The minimum absolute atomic E-state index is 0.215. The summed E-state index contributed by atoms with van der Waals surface area (Å²) in [6.45, 7) is 0. The van der Waals surface area contributed by atoms with Gasteiger partial charge < -0.3 is 0 Å². The second-order valence-corrected chi connectivity index (χ2v) is 3.32. The summed E-state index contributed by atoms with van der Waals surface area (Å²) in [6.07, 6.45) is -6.35. The second kappa shape index (κ2) is 2.81. The first-order chi connectivity index (χ1) is 6.13. The minimum Gasteiger partial charge on any atom is -0.170 e. The zero-order valence-corrected chi connectivity index (χ0v) is 6.84. The first kappa shape index (κ1) is 11.2. The van der Waals surface area contributed by atoms with Crippen LogP contribution in [0.1, 0.15) is 12.8 Å². The highest BCUT2D eigenvalue weighted by atomic mass is 19.4. The van der Waals surface area contributed by atoms with Gasteiger partial charge in [-0.15, -0.1) is 6.42 Å². The van der Waals surface area contributed by atoms with Crippen LogP contribution >= 0.6 is 0 Å². The van der Waals surface area contributed by atoms with E-state index in [1.54, 1.807) is 5.92 Å². The van der Waals surface area contributed by atoms with E-state index in [0.29, 0.717) is 0 Å². The summed E-state index contributed by atoms with van der Waals surface area (Å²) in [6, 6.07) is 0. The van der Waals surface area contributed by atoms with Crippen molar-refractivity contribution in [1.82, 2.24) is 0 Å². The number of hydrogen-bond donors (Lipinski definition) is 0. The Balaban J connectivity index is 3.03. The number of halogens is 6. The second-order valence-electron chi connectivity index (χ2n) is 3.32. The molecular weight excluding hydrogens is 210 g/mol. The van der Waals surface area contributed by atoms with Crippen LogP contribution in [0.2, 0.25) is 0 Å². The predicted octanol–water partition coefficient (Wildman–Crippen LogP) is 3.14. The molecule has 0 aromatic heterocycles. The van der Waals surface area contributed by atoms with Crippen LogP contribution in [0.25, 0.3) is 0 Å². The van der Waals surface area contributed by atoms with Gasteiger partial charge in [0.15, 0.2) is 5.92 Å². The largest absolute Gasteiger partial charge is 0.401 e. The van der Waals surface area contributed by atoms with Crippen LogP contribution in [-0.4, -0.2) is 12.4 Å². The summed E-state index contributed by atoms with van der Waals surface area (Å²) in [5.74, 6) is -1.76. The molecule has 0 aromatic carbocycles. The normalized spacial score (nSPS) is 20.7. The Kier molecular flexibility index (Phi) is 2.25. The first-order valence-corrected chi connectivity index (χ1v) is 3.75. The van der Waals surface area contributed by atoms with Crippen molar-refractivity contribution in [2.45, 2.75) is 25.2 Å². The van der Waals surface area contributed by atoms with E-state index in [-0.39, 0.29) is 12.8 Å². The molecule has 0 aliphatic heterocycles. The number of terminal acetylenes is 1. The van der Waals surface area contributed by atoms with E-state index >= 15 is 0 Å². The number of rotatable bonds is 1. The average molecular weight is 216 g/mol. The molecule has 0 bridgehead atoms. The molecule has 0 amide bonds. The van der Waals surface area contributed by atoms with Gasteiger partial charge in [-0.2, -0.15) is 26.3 Å². The van der Waals surface area contributed by atoms with Crippen LogP contribution < -0.4 is 0 Å². The van der Waals surface area contributed by atoms with E-state index in [0.717, 1.165) is 0 Å². The van der Waals surface area contributed by atoms with Crippen LogP contribution in [0, 0.1) is 23.7 Å². The van der Waals surface area contributed by atoms with Crippen molar-refractivity contribution >= 4 is 0 Å². The third-order valence-corrected chi connectivity index (χ3v) is 2.28. The fourth-order valence-corrected chi connectivity index (χ4v) is 1.46. The van der Waals surface area contributed by atoms with Gasteiger partial charge in [-0.1, -0.05) is 5.92 Å². The van der Waals surface area contributed by atoms with Gasteiger partial charge in [0.1, 0.15) is 0 Å². The van der Waals surface area contributed by atoms with Crippen molar-refractivity contribution in [3.63, 3.8) is 0 Å². The van der Waals surface area contributed by atoms with Crippen molar-refractivity contribution in [2.75, 3.05) is 0 Å². The van der Waals surface area contributed by atoms with E-state index in [1.165, 1.54) is 0 Å². The lowest BCUT2D eigenvalue weighted by Crippen LogP contribution is -2.42. The average Bonchev–Trinajstić information content (AvgIpc) is 2.62. The lowest BCUT2D eigenvalue weighted by molar-refractivity contribution is -0.297. The molecule has 0 radical (unpaired) electrons. The third-order valence-electron chi connectivity index (χ3n) is 2.28. The molecule has 0 saturated heterocycles. The summed E-state index contributed by atoms with van der Waals surface area (Å²) in [4.78, 5) is 0. The van der Waals surface area contributed by atoms with Crippen molar-refractivity contribution in [3.05, 3.63) is 0 Å². The minimum atomic E-state index is -5.32. The Labute approximate surface area is 76.3 Å². The van der Waals surface area contributed by atoms with Crippen LogP contribution in [0.15, 0.2) is 0 Å². The predicted molar refractivity (Wildman–Crippen MR) is 36.1 cm³/mol. The maximum atomic E-state index is 12.1. The Morgan fingerprint density at radius 2 is 1.36 bits per heavy atom. The molecule has 1 saturated carbocycles. The van der Waals surface area contributed by atoms with Crippen molar-refractivity contribution in [2.24, 2.45) is 11.3 Å². The van der Waals surface area contributed by atoms with Gasteiger partial charge in [-0.25, -0.2) is 0 Å². The molecule has 6 heteroatoms. The third kappa shape index (κ3) is 1.81. The fourth-order valence-electron chi connectivity index (χ4n) is 1.46. The topological polar surface area (TPSA) is 0 Å². The van der Waals surface area contributed by atoms with E-state index in [2.05, 4.69) is 0 Å². The monoisotopic (exact) mass is 216 g/mol. The van der Waals surface area contributed by atoms with Crippen LogP contribution in [0.5, 0.6) is 0 Å². The zero-order valence-electron chi connectivity index (χ0n) is 6.84. The molecule has 1 fully saturated rings. The van der Waals surface area contributed by atoms with Gasteiger partial charge in [-0.05, 0) is 12.8 Å². The van der Waals surface area contributed by atoms with Crippen LogP contribution in [0.3, 0.4) is 0 Å². The molecular formula is C8H6F6. The Bertz CT molecular complexity index is 247. The Morgan fingerprint density at radius 3 is 1.43 bits per heavy atom. The maximum absolute atomic E-state index is 12.1. The molecule has 0 nitrogen and oxygen atoms in total. The summed E-state index contributed by atoms with van der Waals surface area (Å²) < 4.78 is 72.7. The number of hydrogen-bond acceptors (Lipinski definition) is 0. The SMILES string of the molecule is C#CC1(C(C(F)(F)F)C(F)(F)F)CC1. The van der Waals surface area contributed by atoms with E-state index in [4.69, 9.17) is 6.42 Å². The maximum Gasteiger partial charge on any atom is 0.401 e. The quantitative estimate of drug-likeness (QED) is 0.466. The van der Waals surface area contributed by atoms with E-state index < -0.39 is 23.7 Å². The molecule has 1 rings (SSSR count). The summed E-state index contributed by atoms with van der Waals surface area (Å²) in [7, 11) is 0. The van der Waals surface area contributed by atoms with E-state index in [9.17, 15) is 26.3 Å². The summed E-state index contributed by atoms with van der Waals surface area (Å²) in [5, 5.41) is 0. The van der Waals surface area contributed by atoms with E-state index in [1.807, 2.05) is 0 Å². The lowest BCUT2D eigenvalue weighted by Gasteiger charge is -2.27.